The molecule has 1 aromatic rings. The topological polar surface area (TPSA) is 18.5 Å². The van der Waals surface area contributed by atoms with E-state index in [4.69, 9.17) is 9.47 Å². The Balaban J connectivity index is 1.64. The average Bonchev–Trinajstić information content (AvgIpc) is 2.80. The van der Waals surface area contributed by atoms with E-state index in [9.17, 15) is 0 Å². The normalized spacial score (nSPS) is 31.7. The molecule has 1 aromatic carbocycles. The van der Waals surface area contributed by atoms with Gasteiger partial charge in [0.1, 0.15) is 11.9 Å². The zero-order valence-corrected chi connectivity index (χ0v) is 11.7. The van der Waals surface area contributed by atoms with Crippen molar-refractivity contribution in [1.82, 2.24) is 0 Å². The standard InChI is InChI=1S/C15H20O2S/c1-12-2-4-13(5-3-12)17-14-6-8-16-15(10-14)7-9-18-11-15/h2-5,14H,6-11H2,1H3. The molecule has 3 heteroatoms. The lowest BCUT2D eigenvalue weighted by Crippen LogP contribution is -2.43. The summed E-state index contributed by atoms with van der Waals surface area (Å²) in [4.78, 5) is 0. The van der Waals surface area contributed by atoms with Gasteiger partial charge in [0.15, 0.2) is 0 Å². The van der Waals surface area contributed by atoms with Crippen molar-refractivity contribution in [3.63, 3.8) is 0 Å². The molecule has 1 spiro atoms. The minimum Gasteiger partial charge on any atom is -0.490 e. The van der Waals surface area contributed by atoms with Crippen LogP contribution in [0, 0.1) is 6.92 Å². The number of ether oxygens (including phenoxy) is 2. The first-order valence-corrected chi connectivity index (χ1v) is 7.86. The lowest BCUT2D eigenvalue weighted by Gasteiger charge is -2.37. The summed E-state index contributed by atoms with van der Waals surface area (Å²) in [6.07, 6.45) is 3.57. The molecule has 2 heterocycles. The van der Waals surface area contributed by atoms with Crippen LogP contribution in [0.15, 0.2) is 24.3 Å². The molecule has 2 aliphatic rings. The van der Waals surface area contributed by atoms with E-state index in [1.807, 2.05) is 11.8 Å². The minimum absolute atomic E-state index is 0.109. The van der Waals surface area contributed by atoms with Crippen LogP contribution in [0.3, 0.4) is 0 Å². The Kier molecular flexibility index (Phi) is 3.53. The Morgan fingerprint density at radius 2 is 2.17 bits per heavy atom. The number of aryl methyl sites for hydroxylation is 1. The molecule has 2 nitrogen and oxygen atoms in total. The molecule has 0 aliphatic carbocycles. The lowest BCUT2D eigenvalue weighted by molar-refractivity contribution is -0.0958. The lowest BCUT2D eigenvalue weighted by atomic mass is 9.91. The highest BCUT2D eigenvalue weighted by atomic mass is 32.2. The van der Waals surface area contributed by atoms with Crippen LogP contribution < -0.4 is 4.74 Å². The smallest absolute Gasteiger partial charge is 0.119 e. The fourth-order valence-electron chi connectivity index (χ4n) is 2.76. The number of hydrogen-bond acceptors (Lipinski definition) is 3. The predicted octanol–water partition coefficient (Wildman–Crippen LogP) is 3.43. The second kappa shape index (κ2) is 5.14. The van der Waals surface area contributed by atoms with Gasteiger partial charge in [0.05, 0.1) is 12.2 Å². The quantitative estimate of drug-likeness (QED) is 0.815. The molecule has 2 aliphatic heterocycles. The number of thioether (sulfide) groups is 1. The second-order valence-electron chi connectivity index (χ2n) is 5.38. The summed E-state index contributed by atoms with van der Waals surface area (Å²) >= 11 is 2.01. The van der Waals surface area contributed by atoms with Gasteiger partial charge in [-0.15, -0.1) is 0 Å². The molecule has 2 atom stereocenters. The molecule has 2 fully saturated rings. The second-order valence-corrected chi connectivity index (χ2v) is 6.48. The van der Waals surface area contributed by atoms with E-state index in [1.165, 1.54) is 17.7 Å². The van der Waals surface area contributed by atoms with Crippen LogP contribution in [-0.2, 0) is 4.74 Å². The molecule has 0 saturated carbocycles. The zero-order valence-electron chi connectivity index (χ0n) is 10.9. The largest absolute Gasteiger partial charge is 0.490 e. The first kappa shape index (κ1) is 12.4. The highest BCUT2D eigenvalue weighted by Gasteiger charge is 2.41. The van der Waals surface area contributed by atoms with Crippen molar-refractivity contribution in [1.29, 1.82) is 0 Å². The number of rotatable bonds is 2. The van der Waals surface area contributed by atoms with Crippen LogP contribution in [0.2, 0.25) is 0 Å². The van der Waals surface area contributed by atoms with Crippen molar-refractivity contribution < 1.29 is 9.47 Å². The van der Waals surface area contributed by atoms with Gasteiger partial charge in [-0.2, -0.15) is 11.8 Å². The van der Waals surface area contributed by atoms with Crippen molar-refractivity contribution in [3.05, 3.63) is 29.8 Å². The van der Waals surface area contributed by atoms with Crippen molar-refractivity contribution in [2.45, 2.75) is 37.9 Å². The van der Waals surface area contributed by atoms with E-state index in [-0.39, 0.29) is 5.60 Å². The van der Waals surface area contributed by atoms with Crippen molar-refractivity contribution in [2.24, 2.45) is 0 Å². The highest BCUT2D eigenvalue weighted by Crippen LogP contribution is 2.39. The van der Waals surface area contributed by atoms with Gasteiger partial charge in [0.2, 0.25) is 0 Å². The summed E-state index contributed by atoms with van der Waals surface area (Å²) in [7, 11) is 0. The van der Waals surface area contributed by atoms with Gasteiger partial charge < -0.3 is 9.47 Å². The summed E-state index contributed by atoms with van der Waals surface area (Å²) < 4.78 is 12.1. The Hall–Kier alpha value is -0.670. The molecule has 2 saturated heterocycles. The van der Waals surface area contributed by atoms with Crippen LogP contribution in [0.5, 0.6) is 5.75 Å². The van der Waals surface area contributed by atoms with Gasteiger partial charge in [0.25, 0.3) is 0 Å². The third-order valence-electron chi connectivity index (χ3n) is 3.84. The van der Waals surface area contributed by atoms with Crippen LogP contribution in [-0.4, -0.2) is 29.8 Å². The molecule has 2 unspecified atom stereocenters. The average molecular weight is 264 g/mol. The fourth-order valence-corrected chi connectivity index (χ4v) is 4.13. The molecule has 0 aromatic heterocycles. The highest BCUT2D eigenvalue weighted by molar-refractivity contribution is 7.99. The molecule has 0 amide bonds. The Labute approximate surface area is 113 Å². The third-order valence-corrected chi connectivity index (χ3v) is 5.06. The summed E-state index contributed by atoms with van der Waals surface area (Å²) in [5.74, 6) is 3.37. The maximum absolute atomic E-state index is 6.11. The first-order chi connectivity index (χ1) is 8.76. The SMILES string of the molecule is Cc1ccc(OC2CCOC3(CCSC3)C2)cc1. The van der Waals surface area contributed by atoms with Crippen molar-refractivity contribution >= 4 is 11.8 Å². The molecule has 18 heavy (non-hydrogen) atoms. The van der Waals surface area contributed by atoms with E-state index in [0.717, 1.165) is 31.0 Å². The van der Waals surface area contributed by atoms with E-state index in [1.54, 1.807) is 0 Å². The summed E-state index contributed by atoms with van der Waals surface area (Å²) in [5.41, 5.74) is 1.39. The van der Waals surface area contributed by atoms with Crippen molar-refractivity contribution in [2.75, 3.05) is 18.1 Å². The minimum atomic E-state index is 0.109. The van der Waals surface area contributed by atoms with Gasteiger partial charge in [-0.25, -0.2) is 0 Å². The number of hydrogen-bond donors (Lipinski definition) is 0. The van der Waals surface area contributed by atoms with E-state index < -0.39 is 0 Å². The summed E-state index contributed by atoms with van der Waals surface area (Å²) in [5, 5.41) is 0. The van der Waals surface area contributed by atoms with Crippen LogP contribution in [0.1, 0.15) is 24.8 Å². The van der Waals surface area contributed by atoms with Gasteiger partial charge in [0, 0.05) is 18.6 Å². The molecular formula is C15H20O2S. The predicted molar refractivity (Wildman–Crippen MR) is 75.5 cm³/mol. The molecule has 0 radical (unpaired) electrons. The van der Waals surface area contributed by atoms with E-state index in [0.29, 0.717) is 6.10 Å². The van der Waals surface area contributed by atoms with Crippen LogP contribution >= 0.6 is 11.8 Å². The fraction of sp³-hybridized carbons (Fsp3) is 0.600. The van der Waals surface area contributed by atoms with Crippen molar-refractivity contribution in [3.8, 4) is 5.75 Å². The van der Waals surface area contributed by atoms with E-state index >= 15 is 0 Å². The molecule has 0 N–H and O–H groups in total. The Bertz CT molecular complexity index is 395. The maximum atomic E-state index is 6.11. The van der Waals surface area contributed by atoms with Gasteiger partial charge in [-0.05, 0) is 31.2 Å². The monoisotopic (exact) mass is 264 g/mol. The Morgan fingerprint density at radius 3 is 2.89 bits per heavy atom. The third kappa shape index (κ3) is 2.67. The molecule has 3 rings (SSSR count). The van der Waals surface area contributed by atoms with Crippen LogP contribution in [0.4, 0.5) is 0 Å². The molecule has 0 bridgehead atoms. The van der Waals surface area contributed by atoms with E-state index in [2.05, 4.69) is 31.2 Å². The zero-order chi connectivity index (χ0) is 12.4. The molecule has 98 valence electrons. The first-order valence-electron chi connectivity index (χ1n) is 6.71. The summed E-state index contributed by atoms with van der Waals surface area (Å²) in [6, 6.07) is 8.35. The number of benzene rings is 1. The van der Waals surface area contributed by atoms with Gasteiger partial charge >= 0.3 is 0 Å². The van der Waals surface area contributed by atoms with Crippen LogP contribution in [0.25, 0.3) is 0 Å². The van der Waals surface area contributed by atoms with Gasteiger partial charge in [-0.3, -0.25) is 0 Å². The maximum Gasteiger partial charge on any atom is 0.119 e. The summed E-state index contributed by atoms with van der Waals surface area (Å²) in [6.45, 7) is 2.94. The Morgan fingerprint density at radius 1 is 1.33 bits per heavy atom. The van der Waals surface area contributed by atoms with Gasteiger partial charge in [-0.1, -0.05) is 17.7 Å². The molecular weight excluding hydrogens is 244 g/mol.